The van der Waals surface area contributed by atoms with E-state index in [1.54, 1.807) is 32.0 Å². The van der Waals surface area contributed by atoms with Crippen LogP contribution in [-0.4, -0.2) is 47.8 Å². The number of carboxylic acids is 1. The van der Waals surface area contributed by atoms with Crippen molar-refractivity contribution in [2.24, 2.45) is 5.73 Å². The molecule has 5 N–H and O–H groups in total. The lowest BCUT2D eigenvalue weighted by Crippen LogP contribution is -2.53. The van der Waals surface area contributed by atoms with Crippen LogP contribution in [-0.2, 0) is 9.59 Å². The first-order valence-corrected chi connectivity index (χ1v) is 7.75. The molecule has 3 atom stereocenters. The number of amides is 1. The predicted molar refractivity (Wildman–Crippen MR) is 87.3 cm³/mol. The minimum absolute atomic E-state index is 0.125. The Balaban J connectivity index is 1.90. The van der Waals surface area contributed by atoms with E-state index < -0.39 is 36.5 Å². The quantitative estimate of drug-likeness (QED) is 0.374. The molecule has 0 radical (unpaired) electrons. The van der Waals surface area contributed by atoms with E-state index in [9.17, 15) is 14.4 Å². The molecule has 1 aliphatic rings. The van der Waals surface area contributed by atoms with Gasteiger partial charge in [0.25, 0.3) is 0 Å². The van der Waals surface area contributed by atoms with E-state index >= 15 is 0 Å². The van der Waals surface area contributed by atoms with Gasteiger partial charge in [0, 0.05) is 5.56 Å². The summed E-state index contributed by atoms with van der Waals surface area (Å²) < 4.78 is 10.4. The van der Waals surface area contributed by atoms with Crippen molar-refractivity contribution >= 4 is 17.7 Å². The van der Waals surface area contributed by atoms with Crippen molar-refractivity contribution in [3.63, 3.8) is 0 Å². The van der Waals surface area contributed by atoms with Crippen molar-refractivity contribution in [3.8, 4) is 11.5 Å². The molecule has 0 aliphatic carbocycles. The summed E-state index contributed by atoms with van der Waals surface area (Å²) in [5.74, 6) is -0.849. The zero-order valence-corrected chi connectivity index (χ0v) is 13.9. The van der Waals surface area contributed by atoms with Gasteiger partial charge in [0.1, 0.15) is 0 Å². The minimum Gasteiger partial charge on any atom is -0.481 e. The molecule has 25 heavy (non-hydrogen) atoms. The molecule has 0 saturated carbocycles. The van der Waals surface area contributed by atoms with Crippen molar-refractivity contribution < 1.29 is 29.0 Å². The van der Waals surface area contributed by atoms with Crippen LogP contribution in [0.15, 0.2) is 18.2 Å². The minimum atomic E-state index is -1.16. The largest absolute Gasteiger partial charge is 0.481 e. The molecule has 0 fully saturated rings. The number of hydrogen-bond acceptors (Lipinski definition) is 7. The van der Waals surface area contributed by atoms with Crippen LogP contribution in [0.1, 0.15) is 30.6 Å². The summed E-state index contributed by atoms with van der Waals surface area (Å²) in [5, 5.41) is 14.1. The standard InChI is InChI=1S/C16H21N3O6/c1-8(18-9(2)19-16(23)11(17)6-14(20)21)15(22)10-3-4-12-13(5-10)25-7-24-12/h3-5,8-9,11,18H,6-7,17H2,1-2H3,(H,19,23)(H,20,21). The molecular formula is C16H21N3O6. The predicted octanol–water partition coefficient (Wildman–Crippen LogP) is -0.160. The average molecular weight is 351 g/mol. The molecule has 0 bridgehead atoms. The number of nitrogens with one attached hydrogen (secondary N) is 2. The molecule has 1 aromatic rings. The lowest BCUT2D eigenvalue weighted by molar-refractivity contribution is -0.139. The maximum absolute atomic E-state index is 12.5. The van der Waals surface area contributed by atoms with Gasteiger partial charge >= 0.3 is 5.97 Å². The second-order valence-electron chi connectivity index (χ2n) is 5.76. The topological polar surface area (TPSA) is 140 Å². The Morgan fingerprint density at radius 2 is 1.92 bits per heavy atom. The van der Waals surface area contributed by atoms with Gasteiger partial charge in [0.05, 0.1) is 24.7 Å². The Morgan fingerprint density at radius 1 is 1.24 bits per heavy atom. The number of aliphatic carboxylic acids is 1. The second-order valence-corrected chi connectivity index (χ2v) is 5.76. The van der Waals surface area contributed by atoms with Gasteiger partial charge in [-0.2, -0.15) is 0 Å². The van der Waals surface area contributed by atoms with Gasteiger partial charge in [-0.05, 0) is 32.0 Å². The number of rotatable bonds is 8. The molecule has 2 rings (SSSR count). The average Bonchev–Trinajstić information content (AvgIpc) is 3.00. The number of carbonyl (C=O) groups excluding carboxylic acids is 2. The summed E-state index contributed by atoms with van der Waals surface area (Å²) in [6, 6.07) is 3.17. The molecule has 1 amide bonds. The van der Waals surface area contributed by atoms with Gasteiger partial charge in [0.2, 0.25) is 12.7 Å². The SMILES string of the molecule is CC(NC(=O)C(N)CC(=O)O)NC(C)C(=O)c1ccc2c(c1)OCO2. The summed E-state index contributed by atoms with van der Waals surface area (Å²) in [7, 11) is 0. The summed E-state index contributed by atoms with van der Waals surface area (Å²) >= 11 is 0. The molecule has 0 aromatic heterocycles. The number of Topliss-reactive ketones (excluding diaryl/α,β-unsaturated/α-hetero) is 1. The smallest absolute Gasteiger partial charge is 0.305 e. The Kier molecular flexibility index (Phi) is 5.94. The maximum Gasteiger partial charge on any atom is 0.305 e. The highest BCUT2D eigenvalue weighted by atomic mass is 16.7. The van der Waals surface area contributed by atoms with Crippen LogP contribution in [0.2, 0.25) is 0 Å². The third-order valence-corrected chi connectivity index (χ3v) is 3.64. The summed E-state index contributed by atoms with van der Waals surface area (Å²) in [5.41, 5.74) is 5.94. The van der Waals surface area contributed by atoms with E-state index in [2.05, 4.69) is 10.6 Å². The molecule has 3 unspecified atom stereocenters. The van der Waals surface area contributed by atoms with Gasteiger partial charge in [-0.15, -0.1) is 0 Å². The highest BCUT2D eigenvalue weighted by Gasteiger charge is 2.23. The summed E-state index contributed by atoms with van der Waals surface area (Å²) in [6.07, 6.45) is -1.04. The van der Waals surface area contributed by atoms with Gasteiger partial charge in [-0.1, -0.05) is 0 Å². The third-order valence-electron chi connectivity index (χ3n) is 3.64. The lowest BCUT2D eigenvalue weighted by atomic mass is 10.0. The van der Waals surface area contributed by atoms with Gasteiger partial charge in [0.15, 0.2) is 17.3 Å². The number of fused-ring (bicyclic) bond motifs is 1. The van der Waals surface area contributed by atoms with Crippen LogP contribution in [0.3, 0.4) is 0 Å². The van der Waals surface area contributed by atoms with Gasteiger partial charge < -0.3 is 25.6 Å². The molecule has 9 heteroatoms. The molecule has 0 saturated heterocycles. The fourth-order valence-electron chi connectivity index (χ4n) is 2.39. The van der Waals surface area contributed by atoms with Crippen molar-refractivity contribution in [2.45, 2.75) is 38.5 Å². The monoisotopic (exact) mass is 351 g/mol. The number of hydrogen-bond donors (Lipinski definition) is 4. The fraction of sp³-hybridized carbons (Fsp3) is 0.438. The Morgan fingerprint density at radius 3 is 2.60 bits per heavy atom. The van der Waals surface area contributed by atoms with E-state index in [-0.39, 0.29) is 12.6 Å². The Labute approximate surface area is 144 Å². The molecule has 136 valence electrons. The van der Waals surface area contributed by atoms with E-state index in [0.717, 1.165) is 0 Å². The third kappa shape index (κ3) is 4.91. The molecule has 9 nitrogen and oxygen atoms in total. The van der Waals surface area contributed by atoms with Crippen molar-refractivity contribution in [3.05, 3.63) is 23.8 Å². The molecule has 0 spiro atoms. The molecule has 1 aromatic carbocycles. The summed E-state index contributed by atoms with van der Waals surface area (Å²) in [4.78, 5) is 34.8. The van der Waals surface area contributed by atoms with E-state index in [1.807, 2.05) is 0 Å². The van der Waals surface area contributed by atoms with Gasteiger partial charge in [-0.3, -0.25) is 19.7 Å². The zero-order chi connectivity index (χ0) is 18.6. The Bertz CT molecular complexity index is 678. The first-order valence-electron chi connectivity index (χ1n) is 7.75. The zero-order valence-electron chi connectivity index (χ0n) is 13.9. The van der Waals surface area contributed by atoms with E-state index in [0.29, 0.717) is 17.1 Å². The molecule has 1 aliphatic heterocycles. The number of nitrogens with two attached hydrogens (primary N) is 1. The normalized spacial score (nSPS) is 16.0. The van der Waals surface area contributed by atoms with E-state index in [1.165, 1.54) is 0 Å². The Hall–Kier alpha value is -2.65. The second kappa shape index (κ2) is 7.95. The maximum atomic E-state index is 12.5. The van der Waals surface area contributed by atoms with Crippen LogP contribution >= 0.6 is 0 Å². The van der Waals surface area contributed by atoms with E-state index in [4.69, 9.17) is 20.3 Å². The molecule has 1 heterocycles. The highest BCUT2D eigenvalue weighted by molar-refractivity contribution is 6.00. The first-order chi connectivity index (χ1) is 11.8. The van der Waals surface area contributed by atoms with Crippen LogP contribution in [0.4, 0.5) is 0 Å². The van der Waals surface area contributed by atoms with Crippen LogP contribution in [0.25, 0.3) is 0 Å². The van der Waals surface area contributed by atoms with Crippen molar-refractivity contribution in [1.82, 2.24) is 10.6 Å². The fourth-order valence-corrected chi connectivity index (χ4v) is 2.39. The number of carbonyl (C=O) groups is 3. The number of ketones is 1. The number of benzene rings is 1. The van der Waals surface area contributed by atoms with Crippen LogP contribution in [0, 0.1) is 0 Å². The summed E-state index contributed by atoms with van der Waals surface area (Å²) in [6.45, 7) is 3.42. The van der Waals surface area contributed by atoms with Gasteiger partial charge in [-0.25, -0.2) is 0 Å². The van der Waals surface area contributed by atoms with Crippen molar-refractivity contribution in [1.29, 1.82) is 0 Å². The van der Waals surface area contributed by atoms with Crippen LogP contribution < -0.4 is 25.8 Å². The number of ether oxygens (including phenoxy) is 2. The lowest BCUT2D eigenvalue weighted by Gasteiger charge is -2.21. The molecular weight excluding hydrogens is 330 g/mol. The highest BCUT2D eigenvalue weighted by Crippen LogP contribution is 2.32. The van der Waals surface area contributed by atoms with Crippen LogP contribution in [0.5, 0.6) is 11.5 Å². The number of carboxylic acid groups (broad SMARTS) is 1. The van der Waals surface area contributed by atoms with Crippen molar-refractivity contribution in [2.75, 3.05) is 6.79 Å². The first kappa shape index (κ1) is 18.7.